The largest absolute Gasteiger partial charge is 0.347 e. The van der Waals surface area contributed by atoms with E-state index in [-0.39, 0.29) is 17.3 Å². The number of sulfonamides is 1. The van der Waals surface area contributed by atoms with Gasteiger partial charge in [0.2, 0.25) is 10.0 Å². The number of fused-ring (bicyclic) bond motifs is 1. The fourth-order valence-corrected chi connectivity index (χ4v) is 5.41. The highest BCUT2D eigenvalue weighted by atomic mass is 32.2. The molecule has 0 unspecified atom stereocenters. The van der Waals surface area contributed by atoms with Crippen LogP contribution >= 0.6 is 11.3 Å². The Morgan fingerprint density at radius 2 is 1.86 bits per heavy atom. The van der Waals surface area contributed by atoms with Gasteiger partial charge >= 0.3 is 0 Å². The van der Waals surface area contributed by atoms with Crippen molar-refractivity contribution >= 4 is 37.5 Å². The van der Waals surface area contributed by atoms with Crippen LogP contribution in [0, 0.1) is 13.8 Å². The van der Waals surface area contributed by atoms with E-state index in [4.69, 9.17) is 0 Å². The summed E-state index contributed by atoms with van der Waals surface area (Å²) in [5.41, 5.74) is 2.25. The normalized spacial score (nSPS) is 11.9. The molecule has 0 aliphatic heterocycles. The number of hydrogen-bond donors (Lipinski definition) is 1. The van der Waals surface area contributed by atoms with Crippen molar-refractivity contribution in [2.75, 3.05) is 14.1 Å². The van der Waals surface area contributed by atoms with E-state index in [1.54, 1.807) is 24.3 Å². The molecule has 1 N–H and O–H groups in total. The smallest absolute Gasteiger partial charge is 0.261 e. The molecule has 1 aromatic carbocycles. The van der Waals surface area contributed by atoms with Gasteiger partial charge in [-0.05, 0) is 31.0 Å². The Balaban J connectivity index is 1.90. The van der Waals surface area contributed by atoms with Gasteiger partial charge in [-0.2, -0.15) is 0 Å². The maximum absolute atomic E-state index is 12.9. The van der Waals surface area contributed by atoms with E-state index in [0.29, 0.717) is 10.4 Å². The molecular formula is C20H24N4O3S2. The molecule has 7 nitrogen and oxygen atoms in total. The molecule has 0 radical (unpaired) electrons. The van der Waals surface area contributed by atoms with Crippen molar-refractivity contribution in [3.63, 3.8) is 0 Å². The Kier molecular flexibility index (Phi) is 6.02. The van der Waals surface area contributed by atoms with Gasteiger partial charge in [0.1, 0.15) is 10.7 Å². The van der Waals surface area contributed by atoms with Crippen LogP contribution in [0.15, 0.2) is 29.2 Å². The molecule has 1 amide bonds. The number of benzene rings is 1. The van der Waals surface area contributed by atoms with Crippen LogP contribution in [0.2, 0.25) is 0 Å². The predicted molar refractivity (Wildman–Crippen MR) is 115 cm³/mol. The van der Waals surface area contributed by atoms with Crippen molar-refractivity contribution in [3.05, 3.63) is 51.8 Å². The number of nitrogens with zero attached hydrogens (tertiary/aromatic N) is 3. The molecule has 154 valence electrons. The van der Waals surface area contributed by atoms with Gasteiger partial charge in [0.05, 0.1) is 9.77 Å². The lowest BCUT2D eigenvalue weighted by Crippen LogP contribution is -2.27. The Bertz CT molecular complexity index is 1180. The van der Waals surface area contributed by atoms with Crippen molar-refractivity contribution in [1.82, 2.24) is 19.6 Å². The van der Waals surface area contributed by atoms with Crippen molar-refractivity contribution in [1.29, 1.82) is 0 Å². The summed E-state index contributed by atoms with van der Waals surface area (Å²) in [6, 6.07) is 6.68. The standard InChI is InChI=1S/C20H24N4O3S2/c1-6-16-22-13(3)17-12(2)18(28-20(17)23-16)19(25)21-11-14-9-7-8-10-15(14)29(26,27)24(4)5/h7-10H,6,11H2,1-5H3,(H,21,25). The van der Waals surface area contributed by atoms with E-state index in [1.807, 2.05) is 20.8 Å². The van der Waals surface area contributed by atoms with E-state index in [2.05, 4.69) is 15.3 Å². The summed E-state index contributed by atoms with van der Waals surface area (Å²) >= 11 is 1.34. The average molecular weight is 433 g/mol. The first-order chi connectivity index (χ1) is 13.7. The van der Waals surface area contributed by atoms with Gasteiger partial charge in [-0.25, -0.2) is 22.7 Å². The van der Waals surface area contributed by atoms with Crippen LogP contribution < -0.4 is 5.32 Å². The van der Waals surface area contributed by atoms with Crippen LogP contribution in [0.1, 0.15) is 39.2 Å². The summed E-state index contributed by atoms with van der Waals surface area (Å²) in [7, 11) is -0.625. The fourth-order valence-electron chi connectivity index (χ4n) is 3.12. The van der Waals surface area contributed by atoms with Crippen LogP contribution in [0.4, 0.5) is 0 Å². The van der Waals surface area contributed by atoms with Crippen LogP contribution in [-0.4, -0.2) is 42.7 Å². The number of hydrogen-bond acceptors (Lipinski definition) is 6. The summed E-state index contributed by atoms with van der Waals surface area (Å²) in [5, 5.41) is 3.77. The zero-order chi connectivity index (χ0) is 21.3. The molecule has 9 heteroatoms. The second kappa shape index (κ2) is 8.17. The van der Waals surface area contributed by atoms with Crippen LogP contribution in [-0.2, 0) is 23.0 Å². The average Bonchev–Trinajstić information content (AvgIpc) is 3.03. The lowest BCUT2D eigenvalue weighted by Gasteiger charge is -2.15. The Morgan fingerprint density at radius 3 is 2.52 bits per heavy atom. The molecule has 0 saturated carbocycles. The summed E-state index contributed by atoms with van der Waals surface area (Å²) in [5.74, 6) is 0.506. The highest BCUT2D eigenvalue weighted by Crippen LogP contribution is 2.31. The fraction of sp³-hybridized carbons (Fsp3) is 0.350. The molecule has 0 spiro atoms. The van der Waals surface area contributed by atoms with Gasteiger partial charge in [0.15, 0.2) is 0 Å². The highest BCUT2D eigenvalue weighted by molar-refractivity contribution is 7.89. The SMILES string of the molecule is CCc1nc(C)c2c(C)c(C(=O)NCc3ccccc3S(=O)(=O)N(C)C)sc2n1. The lowest BCUT2D eigenvalue weighted by atomic mass is 10.1. The monoisotopic (exact) mass is 432 g/mol. The number of aromatic nitrogens is 2. The summed E-state index contributed by atoms with van der Waals surface area (Å²) in [6.45, 7) is 5.92. The Hall–Kier alpha value is -2.36. The Labute approximate surface area is 174 Å². The van der Waals surface area contributed by atoms with Crippen LogP contribution in [0.25, 0.3) is 10.2 Å². The number of rotatable bonds is 6. The van der Waals surface area contributed by atoms with Gasteiger partial charge in [-0.15, -0.1) is 11.3 Å². The molecule has 2 aromatic heterocycles. The van der Waals surface area contributed by atoms with Crippen LogP contribution in [0.5, 0.6) is 0 Å². The number of aryl methyl sites for hydroxylation is 3. The van der Waals surface area contributed by atoms with Gasteiger partial charge in [-0.1, -0.05) is 25.1 Å². The summed E-state index contributed by atoms with van der Waals surface area (Å²) in [4.78, 5) is 23.5. The van der Waals surface area contributed by atoms with E-state index >= 15 is 0 Å². The minimum atomic E-state index is -3.60. The molecule has 0 aliphatic carbocycles. The number of nitrogens with one attached hydrogen (secondary N) is 1. The zero-order valence-corrected chi connectivity index (χ0v) is 18.7. The maximum Gasteiger partial charge on any atom is 0.261 e. The number of thiophene rings is 1. The first-order valence-electron chi connectivity index (χ1n) is 9.22. The van der Waals surface area contributed by atoms with Crippen molar-refractivity contribution in [3.8, 4) is 0 Å². The quantitative estimate of drug-likeness (QED) is 0.646. The third-order valence-electron chi connectivity index (χ3n) is 4.71. The van der Waals surface area contributed by atoms with Crippen molar-refractivity contribution in [2.45, 2.75) is 38.6 Å². The van der Waals surface area contributed by atoms with Gasteiger partial charge in [0.25, 0.3) is 5.91 Å². The van der Waals surface area contributed by atoms with E-state index in [1.165, 1.54) is 25.4 Å². The predicted octanol–water partition coefficient (Wildman–Crippen LogP) is 3.05. The third-order valence-corrected chi connectivity index (χ3v) is 7.81. The number of carbonyl (C=O) groups is 1. The maximum atomic E-state index is 12.9. The minimum Gasteiger partial charge on any atom is -0.347 e. The number of amides is 1. The molecule has 0 bridgehead atoms. The second-order valence-electron chi connectivity index (χ2n) is 6.89. The van der Waals surface area contributed by atoms with E-state index in [9.17, 15) is 13.2 Å². The summed E-state index contributed by atoms with van der Waals surface area (Å²) in [6.07, 6.45) is 0.729. The van der Waals surface area contributed by atoms with E-state index < -0.39 is 10.0 Å². The molecule has 0 fully saturated rings. The highest BCUT2D eigenvalue weighted by Gasteiger charge is 2.22. The zero-order valence-electron chi connectivity index (χ0n) is 17.1. The first kappa shape index (κ1) is 21.4. The molecule has 0 saturated heterocycles. The molecule has 29 heavy (non-hydrogen) atoms. The molecule has 3 rings (SSSR count). The van der Waals surface area contributed by atoms with Gasteiger partial charge in [0, 0.05) is 38.1 Å². The minimum absolute atomic E-state index is 0.112. The first-order valence-corrected chi connectivity index (χ1v) is 11.5. The molecule has 3 aromatic rings. The number of carbonyl (C=O) groups excluding carboxylic acids is 1. The lowest BCUT2D eigenvalue weighted by molar-refractivity contribution is 0.0954. The molecule has 0 aliphatic rings. The van der Waals surface area contributed by atoms with E-state index in [0.717, 1.165) is 38.0 Å². The third kappa shape index (κ3) is 4.03. The van der Waals surface area contributed by atoms with Crippen LogP contribution in [0.3, 0.4) is 0 Å². The Morgan fingerprint density at radius 1 is 1.17 bits per heavy atom. The topological polar surface area (TPSA) is 92.3 Å². The molecule has 0 atom stereocenters. The van der Waals surface area contributed by atoms with Crippen molar-refractivity contribution < 1.29 is 13.2 Å². The second-order valence-corrected chi connectivity index (χ2v) is 10.0. The van der Waals surface area contributed by atoms with Gasteiger partial charge in [-0.3, -0.25) is 4.79 Å². The van der Waals surface area contributed by atoms with Crippen molar-refractivity contribution in [2.24, 2.45) is 0 Å². The molecule has 2 heterocycles. The molecular weight excluding hydrogens is 408 g/mol. The van der Waals surface area contributed by atoms with Gasteiger partial charge < -0.3 is 5.32 Å². The summed E-state index contributed by atoms with van der Waals surface area (Å²) < 4.78 is 26.2.